The summed E-state index contributed by atoms with van der Waals surface area (Å²) in [5.41, 5.74) is 1.07. The molecule has 0 aliphatic carbocycles. The van der Waals surface area contributed by atoms with E-state index in [0.29, 0.717) is 6.04 Å². The van der Waals surface area contributed by atoms with Crippen LogP contribution in [-0.2, 0) is 6.42 Å². The van der Waals surface area contributed by atoms with E-state index in [1.54, 1.807) is 12.1 Å². The molecule has 20 heavy (non-hydrogen) atoms. The Balaban J connectivity index is 2.01. The highest BCUT2D eigenvalue weighted by molar-refractivity contribution is 5.91. The van der Waals surface area contributed by atoms with E-state index in [1.807, 2.05) is 24.3 Å². The topological polar surface area (TPSA) is 21.3 Å². The molecule has 2 aromatic carbocycles. The fraction of sp³-hybridized carbons (Fsp3) is 0.375. The minimum Gasteiger partial charge on any atom is -0.434 e. The maximum atomic E-state index is 12.6. The first-order valence-electron chi connectivity index (χ1n) is 6.93. The van der Waals surface area contributed by atoms with Gasteiger partial charge in [0.15, 0.2) is 0 Å². The van der Waals surface area contributed by atoms with Crippen LogP contribution in [0.15, 0.2) is 36.4 Å². The third kappa shape index (κ3) is 2.75. The number of nitrogens with one attached hydrogen (secondary N) is 1. The minimum atomic E-state index is -2.79. The van der Waals surface area contributed by atoms with E-state index in [-0.39, 0.29) is 5.75 Å². The molecular formula is C16H17F2NO. The summed E-state index contributed by atoms with van der Waals surface area (Å²) < 4.78 is 29.8. The molecular weight excluding hydrogens is 260 g/mol. The third-order valence-corrected chi connectivity index (χ3v) is 3.80. The van der Waals surface area contributed by atoms with Gasteiger partial charge < -0.3 is 10.1 Å². The standard InChI is InChI=1S/C16H17F2NO/c17-16(18)20-14-8-2-5-11-4-1-6-12(15(11)14)10-13-7-3-9-19-13/h1-2,4-6,8,13,16,19H,3,7,9-10H2/t13-/m0/s1. The van der Waals surface area contributed by atoms with Crippen molar-refractivity contribution in [3.8, 4) is 5.75 Å². The molecule has 2 nitrogen and oxygen atoms in total. The molecule has 0 bridgehead atoms. The Hall–Kier alpha value is -1.68. The van der Waals surface area contributed by atoms with Crippen molar-refractivity contribution in [1.82, 2.24) is 5.32 Å². The number of alkyl halides is 2. The Kier molecular flexibility index (Phi) is 3.83. The van der Waals surface area contributed by atoms with Gasteiger partial charge >= 0.3 is 6.61 Å². The van der Waals surface area contributed by atoms with Gasteiger partial charge in [-0.05, 0) is 42.8 Å². The van der Waals surface area contributed by atoms with Gasteiger partial charge in [-0.15, -0.1) is 0 Å². The number of hydrogen-bond donors (Lipinski definition) is 1. The molecule has 0 spiro atoms. The van der Waals surface area contributed by atoms with Gasteiger partial charge in [0.2, 0.25) is 0 Å². The maximum Gasteiger partial charge on any atom is 0.387 e. The van der Waals surface area contributed by atoms with Crippen LogP contribution in [-0.4, -0.2) is 19.2 Å². The van der Waals surface area contributed by atoms with Crippen LogP contribution in [0.5, 0.6) is 5.75 Å². The summed E-state index contributed by atoms with van der Waals surface area (Å²) in [4.78, 5) is 0. The molecule has 0 unspecified atom stereocenters. The Morgan fingerprint density at radius 2 is 2.00 bits per heavy atom. The fourth-order valence-corrected chi connectivity index (χ4v) is 2.94. The highest BCUT2D eigenvalue weighted by Crippen LogP contribution is 2.31. The number of rotatable bonds is 4. The fourth-order valence-electron chi connectivity index (χ4n) is 2.94. The van der Waals surface area contributed by atoms with Gasteiger partial charge in [-0.2, -0.15) is 8.78 Å². The predicted molar refractivity (Wildman–Crippen MR) is 75.3 cm³/mol. The summed E-state index contributed by atoms with van der Waals surface area (Å²) in [6, 6.07) is 11.6. The third-order valence-electron chi connectivity index (χ3n) is 3.80. The molecule has 1 heterocycles. The average molecular weight is 277 g/mol. The molecule has 1 aliphatic heterocycles. The van der Waals surface area contributed by atoms with Crippen LogP contribution < -0.4 is 10.1 Å². The lowest BCUT2D eigenvalue weighted by molar-refractivity contribution is -0.0488. The smallest absolute Gasteiger partial charge is 0.387 e. The Bertz CT molecular complexity index is 589. The van der Waals surface area contributed by atoms with E-state index < -0.39 is 6.61 Å². The Morgan fingerprint density at radius 1 is 1.20 bits per heavy atom. The average Bonchev–Trinajstić information content (AvgIpc) is 2.91. The van der Waals surface area contributed by atoms with Crippen molar-refractivity contribution < 1.29 is 13.5 Å². The largest absolute Gasteiger partial charge is 0.434 e. The van der Waals surface area contributed by atoms with Crippen LogP contribution in [0.25, 0.3) is 10.8 Å². The molecule has 0 radical (unpaired) electrons. The summed E-state index contributed by atoms with van der Waals surface area (Å²) in [5.74, 6) is 0.270. The van der Waals surface area contributed by atoms with Crippen LogP contribution in [0.2, 0.25) is 0 Å². The first kappa shape index (κ1) is 13.3. The minimum absolute atomic E-state index is 0.270. The molecule has 1 aliphatic rings. The highest BCUT2D eigenvalue weighted by atomic mass is 19.3. The van der Waals surface area contributed by atoms with E-state index in [4.69, 9.17) is 0 Å². The van der Waals surface area contributed by atoms with Crippen molar-refractivity contribution in [2.75, 3.05) is 6.54 Å². The monoisotopic (exact) mass is 277 g/mol. The van der Waals surface area contributed by atoms with E-state index in [0.717, 1.165) is 35.7 Å². The molecule has 0 aromatic heterocycles. The van der Waals surface area contributed by atoms with Crippen LogP contribution in [0.3, 0.4) is 0 Å². The first-order valence-corrected chi connectivity index (χ1v) is 6.93. The summed E-state index contributed by atoms with van der Waals surface area (Å²) in [5, 5.41) is 5.19. The first-order chi connectivity index (χ1) is 9.74. The van der Waals surface area contributed by atoms with Crippen molar-refractivity contribution in [2.24, 2.45) is 0 Å². The number of fused-ring (bicyclic) bond motifs is 1. The SMILES string of the molecule is FC(F)Oc1cccc2cccc(C[C@@H]3CCCN3)c12. The van der Waals surface area contributed by atoms with Crippen molar-refractivity contribution in [3.63, 3.8) is 0 Å². The lowest BCUT2D eigenvalue weighted by Crippen LogP contribution is -2.23. The molecule has 2 aromatic rings. The van der Waals surface area contributed by atoms with Gasteiger partial charge in [0.1, 0.15) is 5.75 Å². The highest BCUT2D eigenvalue weighted by Gasteiger charge is 2.17. The van der Waals surface area contributed by atoms with Gasteiger partial charge in [0.05, 0.1) is 0 Å². The second-order valence-electron chi connectivity index (χ2n) is 5.15. The van der Waals surface area contributed by atoms with Crippen LogP contribution in [0, 0.1) is 0 Å². The van der Waals surface area contributed by atoms with Gasteiger partial charge in [-0.25, -0.2) is 0 Å². The van der Waals surface area contributed by atoms with Gasteiger partial charge in [0, 0.05) is 11.4 Å². The van der Waals surface area contributed by atoms with E-state index in [9.17, 15) is 8.78 Å². The zero-order valence-corrected chi connectivity index (χ0v) is 11.1. The molecule has 4 heteroatoms. The van der Waals surface area contributed by atoms with Gasteiger partial charge in [-0.3, -0.25) is 0 Å². The van der Waals surface area contributed by atoms with Crippen molar-refractivity contribution in [1.29, 1.82) is 0 Å². The van der Waals surface area contributed by atoms with Crippen molar-refractivity contribution in [2.45, 2.75) is 31.9 Å². The van der Waals surface area contributed by atoms with E-state index in [2.05, 4.69) is 10.1 Å². The maximum absolute atomic E-state index is 12.6. The molecule has 1 saturated heterocycles. The number of ether oxygens (including phenoxy) is 1. The predicted octanol–water partition coefficient (Wildman–Crippen LogP) is 3.74. The van der Waals surface area contributed by atoms with Crippen LogP contribution in [0.4, 0.5) is 8.78 Å². The summed E-state index contributed by atoms with van der Waals surface area (Å²) in [6.45, 7) is -1.76. The second kappa shape index (κ2) is 5.75. The molecule has 1 fully saturated rings. The van der Waals surface area contributed by atoms with Crippen molar-refractivity contribution in [3.05, 3.63) is 42.0 Å². The summed E-state index contributed by atoms with van der Waals surface area (Å²) >= 11 is 0. The number of hydrogen-bond acceptors (Lipinski definition) is 2. The van der Waals surface area contributed by atoms with E-state index in [1.165, 1.54) is 6.42 Å². The zero-order chi connectivity index (χ0) is 13.9. The lowest BCUT2D eigenvalue weighted by atomic mass is 9.97. The van der Waals surface area contributed by atoms with Crippen molar-refractivity contribution >= 4 is 10.8 Å². The summed E-state index contributed by atoms with van der Waals surface area (Å²) in [7, 11) is 0. The molecule has 106 valence electrons. The normalized spacial score (nSPS) is 18.9. The van der Waals surface area contributed by atoms with Gasteiger partial charge in [-0.1, -0.05) is 30.3 Å². The number of benzene rings is 2. The molecule has 1 N–H and O–H groups in total. The molecule has 3 rings (SSSR count). The van der Waals surface area contributed by atoms with Gasteiger partial charge in [0.25, 0.3) is 0 Å². The molecule has 0 saturated carbocycles. The van der Waals surface area contributed by atoms with E-state index >= 15 is 0 Å². The molecule has 1 atom stereocenters. The van der Waals surface area contributed by atoms with Crippen LogP contribution >= 0.6 is 0 Å². The Morgan fingerprint density at radius 3 is 2.70 bits per heavy atom. The lowest BCUT2D eigenvalue weighted by Gasteiger charge is -2.15. The zero-order valence-electron chi connectivity index (χ0n) is 11.1. The van der Waals surface area contributed by atoms with Crippen LogP contribution in [0.1, 0.15) is 18.4 Å². The molecule has 0 amide bonds. The Labute approximate surface area is 116 Å². The number of halogens is 2. The summed E-state index contributed by atoms with van der Waals surface area (Å²) in [6.07, 6.45) is 3.16. The second-order valence-corrected chi connectivity index (χ2v) is 5.15. The quantitative estimate of drug-likeness (QED) is 0.919.